The van der Waals surface area contributed by atoms with Crippen LogP contribution in [0, 0.1) is 6.92 Å². The minimum atomic E-state index is -0.873. The molecule has 1 fully saturated rings. The number of nitrogens with zero attached hydrogens (tertiary/aromatic N) is 1. The van der Waals surface area contributed by atoms with Gasteiger partial charge in [-0.05, 0) is 37.3 Å². The molecule has 1 N–H and O–H groups in total. The topological polar surface area (TPSA) is 50.2 Å². The van der Waals surface area contributed by atoms with Crippen LogP contribution in [0.1, 0.15) is 65.8 Å². The molecule has 0 bridgehead atoms. The highest BCUT2D eigenvalue weighted by Gasteiger charge is 2.28. The van der Waals surface area contributed by atoms with E-state index in [1.165, 1.54) is 12.8 Å². The van der Waals surface area contributed by atoms with Gasteiger partial charge in [0.1, 0.15) is 0 Å². The Balaban J connectivity index is 2.53. The van der Waals surface area contributed by atoms with E-state index >= 15 is 0 Å². The predicted molar refractivity (Wildman–Crippen MR) is 62.0 cm³/mol. The Labute approximate surface area is 95.5 Å². The Bertz CT molecular complexity index is 434. The minimum absolute atomic E-state index is 0.157. The second-order valence-corrected chi connectivity index (χ2v) is 4.86. The van der Waals surface area contributed by atoms with Crippen LogP contribution in [0.25, 0.3) is 0 Å². The number of aryl methyl sites for hydroxylation is 1. The summed E-state index contributed by atoms with van der Waals surface area (Å²) in [5.74, 6) is -0.147. The van der Waals surface area contributed by atoms with Gasteiger partial charge in [0.15, 0.2) is 0 Å². The van der Waals surface area contributed by atoms with Crippen LogP contribution in [0.3, 0.4) is 0 Å². The average molecular weight is 219 g/mol. The molecule has 0 atom stereocenters. The molecule has 1 saturated carbocycles. The number of hydrogen-bond donors (Lipinski definition) is 1. The molecule has 0 aliphatic heterocycles. The maximum atomic E-state index is 11.1. The van der Waals surface area contributed by atoms with Crippen molar-refractivity contribution >= 4 is 5.97 Å². The zero-order valence-electron chi connectivity index (χ0n) is 9.95. The van der Waals surface area contributed by atoms with Crippen LogP contribution < -0.4 is 0 Å². The molecule has 3 nitrogen and oxygen atoms in total. The Morgan fingerprint density at radius 3 is 2.56 bits per heavy atom. The van der Waals surface area contributed by atoms with Crippen LogP contribution in [0.15, 0.2) is 6.07 Å². The zero-order chi connectivity index (χ0) is 11.9. The monoisotopic (exact) mass is 219 g/mol. The highest BCUT2D eigenvalue weighted by Crippen LogP contribution is 2.41. The van der Waals surface area contributed by atoms with Crippen molar-refractivity contribution in [1.29, 1.82) is 0 Å². The molecule has 1 aliphatic carbocycles. The summed E-state index contributed by atoms with van der Waals surface area (Å²) in [5, 5.41) is 9.14. The predicted octanol–water partition coefficient (Wildman–Crippen LogP) is 3.09. The lowest BCUT2D eigenvalue weighted by molar-refractivity contribution is 0.0694. The van der Waals surface area contributed by atoms with Crippen LogP contribution in [-0.4, -0.2) is 16.1 Å². The molecule has 0 radical (unpaired) electrons. The summed E-state index contributed by atoms with van der Waals surface area (Å²) in [6, 6.07) is 1.78. The molecule has 1 heterocycles. The summed E-state index contributed by atoms with van der Waals surface area (Å²) in [6.07, 6.45) is 2.38. The van der Waals surface area contributed by atoms with E-state index in [9.17, 15) is 4.79 Å². The van der Waals surface area contributed by atoms with E-state index in [2.05, 4.69) is 4.98 Å². The lowest BCUT2D eigenvalue weighted by atomic mass is 9.99. The van der Waals surface area contributed by atoms with Crippen LogP contribution in [0.5, 0.6) is 0 Å². The maximum Gasteiger partial charge on any atom is 0.337 e. The molecule has 1 aromatic rings. The highest BCUT2D eigenvalue weighted by molar-refractivity contribution is 5.89. The van der Waals surface area contributed by atoms with Gasteiger partial charge < -0.3 is 5.11 Å². The third-order valence-corrected chi connectivity index (χ3v) is 3.02. The second kappa shape index (κ2) is 3.89. The fourth-order valence-corrected chi connectivity index (χ4v) is 2.02. The first-order valence-electron chi connectivity index (χ1n) is 5.75. The van der Waals surface area contributed by atoms with Gasteiger partial charge in [-0.15, -0.1) is 0 Å². The van der Waals surface area contributed by atoms with Crippen LogP contribution in [0.2, 0.25) is 0 Å². The van der Waals surface area contributed by atoms with Crippen molar-refractivity contribution in [3.8, 4) is 0 Å². The molecule has 16 heavy (non-hydrogen) atoms. The van der Waals surface area contributed by atoms with Gasteiger partial charge in [-0.2, -0.15) is 0 Å². The van der Waals surface area contributed by atoms with Crippen molar-refractivity contribution in [3.05, 3.63) is 28.6 Å². The van der Waals surface area contributed by atoms with Gasteiger partial charge in [0.2, 0.25) is 0 Å². The molecule has 1 aliphatic rings. The standard InChI is InChI=1S/C13H17NO2/c1-7(2)11-10(13(15)16)6-8(3)12(14-11)9-4-5-9/h6-7,9H,4-5H2,1-3H3,(H,15,16). The summed E-state index contributed by atoms with van der Waals surface area (Å²) in [6.45, 7) is 5.93. The summed E-state index contributed by atoms with van der Waals surface area (Å²) < 4.78 is 0. The molecule has 0 spiro atoms. The van der Waals surface area contributed by atoms with Crippen molar-refractivity contribution in [2.45, 2.75) is 45.4 Å². The molecular weight excluding hydrogens is 202 g/mol. The van der Waals surface area contributed by atoms with Gasteiger partial charge in [-0.25, -0.2) is 4.79 Å². The normalized spacial score (nSPS) is 15.5. The number of rotatable bonds is 3. The first-order valence-corrected chi connectivity index (χ1v) is 5.75. The van der Waals surface area contributed by atoms with Gasteiger partial charge >= 0.3 is 5.97 Å². The van der Waals surface area contributed by atoms with Gasteiger partial charge in [-0.3, -0.25) is 4.98 Å². The number of hydrogen-bond acceptors (Lipinski definition) is 2. The Kier molecular flexibility index (Phi) is 2.70. The van der Waals surface area contributed by atoms with E-state index in [0.29, 0.717) is 11.5 Å². The molecule has 2 rings (SSSR count). The number of carboxylic acid groups (broad SMARTS) is 1. The summed E-state index contributed by atoms with van der Waals surface area (Å²) in [5.41, 5.74) is 3.20. The smallest absolute Gasteiger partial charge is 0.337 e. The lowest BCUT2D eigenvalue weighted by Crippen LogP contribution is -2.09. The van der Waals surface area contributed by atoms with Crippen molar-refractivity contribution < 1.29 is 9.90 Å². The maximum absolute atomic E-state index is 11.1. The van der Waals surface area contributed by atoms with Gasteiger partial charge in [0.05, 0.1) is 11.3 Å². The third-order valence-electron chi connectivity index (χ3n) is 3.02. The molecule has 0 aromatic carbocycles. The molecule has 0 amide bonds. The summed E-state index contributed by atoms with van der Waals surface area (Å²) in [7, 11) is 0. The average Bonchev–Trinajstić information content (AvgIpc) is 3.00. The Morgan fingerprint density at radius 1 is 1.50 bits per heavy atom. The molecule has 0 saturated heterocycles. The van der Waals surface area contributed by atoms with Crippen molar-refractivity contribution in [2.75, 3.05) is 0 Å². The Hall–Kier alpha value is -1.38. The first-order chi connectivity index (χ1) is 7.50. The molecule has 86 valence electrons. The fourth-order valence-electron chi connectivity index (χ4n) is 2.02. The Morgan fingerprint density at radius 2 is 2.12 bits per heavy atom. The third kappa shape index (κ3) is 1.94. The first kappa shape index (κ1) is 11.1. The highest BCUT2D eigenvalue weighted by atomic mass is 16.4. The van der Waals surface area contributed by atoms with E-state index in [1.807, 2.05) is 20.8 Å². The SMILES string of the molecule is Cc1cc(C(=O)O)c(C(C)C)nc1C1CC1. The zero-order valence-corrected chi connectivity index (χ0v) is 9.95. The molecule has 1 aromatic heterocycles. The minimum Gasteiger partial charge on any atom is -0.478 e. The molecule has 3 heteroatoms. The van der Waals surface area contributed by atoms with Crippen LogP contribution in [-0.2, 0) is 0 Å². The summed E-state index contributed by atoms with van der Waals surface area (Å²) in [4.78, 5) is 15.7. The van der Waals surface area contributed by atoms with Crippen molar-refractivity contribution in [3.63, 3.8) is 0 Å². The fraction of sp³-hybridized carbons (Fsp3) is 0.538. The largest absolute Gasteiger partial charge is 0.478 e. The van der Waals surface area contributed by atoms with Gasteiger partial charge in [0.25, 0.3) is 0 Å². The van der Waals surface area contributed by atoms with Crippen molar-refractivity contribution in [2.24, 2.45) is 0 Å². The molecular formula is C13H17NO2. The van der Waals surface area contributed by atoms with E-state index in [-0.39, 0.29) is 5.92 Å². The number of aromatic carboxylic acids is 1. The van der Waals surface area contributed by atoms with Gasteiger partial charge in [-0.1, -0.05) is 13.8 Å². The number of aromatic nitrogens is 1. The van der Waals surface area contributed by atoms with E-state index < -0.39 is 5.97 Å². The summed E-state index contributed by atoms with van der Waals surface area (Å²) >= 11 is 0. The lowest BCUT2D eigenvalue weighted by Gasteiger charge is -2.13. The number of carboxylic acids is 1. The quantitative estimate of drug-likeness (QED) is 0.849. The van der Waals surface area contributed by atoms with Crippen molar-refractivity contribution in [1.82, 2.24) is 4.98 Å². The van der Waals surface area contributed by atoms with E-state index in [0.717, 1.165) is 17.0 Å². The van der Waals surface area contributed by atoms with E-state index in [1.54, 1.807) is 6.07 Å². The number of pyridine rings is 1. The second-order valence-electron chi connectivity index (χ2n) is 4.86. The van der Waals surface area contributed by atoms with Gasteiger partial charge in [0, 0.05) is 11.6 Å². The van der Waals surface area contributed by atoms with Crippen LogP contribution >= 0.6 is 0 Å². The van der Waals surface area contributed by atoms with Crippen LogP contribution in [0.4, 0.5) is 0 Å². The number of carbonyl (C=O) groups is 1. The molecule has 0 unspecified atom stereocenters. The van der Waals surface area contributed by atoms with E-state index in [4.69, 9.17) is 5.11 Å².